The van der Waals surface area contributed by atoms with E-state index in [1.165, 1.54) is 18.0 Å². The highest BCUT2D eigenvalue weighted by Gasteiger charge is 2.63. The molecule has 0 spiro atoms. The van der Waals surface area contributed by atoms with Crippen LogP contribution in [0.2, 0.25) is 0 Å². The van der Waals surface area contributed by atoms with Crippen molar-refractivity contribution in [1.29, 1.82) is 0 Å². The van der Waals surface area contributed by atoms with Gasteiger partial charge in [-0.15, -0.1) is 0 Å². The quantitative estimate of drug-likeness (QED) is 0.212. The molecule has 1 fully saturated rings. The van der Waals surface area contributed by atoms with E-state index in [2.05, 4.69) is 20.5 Å². The van der Waals surface area contributed by atoms with Gasteiger partial charge in [0.25, 0.3) is 5.92 Å². The smallest absolute Gasteiger partial charge is 0.272 e. The van der Waals surface area contributed by atoms with Crippen molar-refractivity contribution in [2.24, 2.45) is 0 Å². The van der Waals surface area contributed by atoms with E-state index < -0.39 is 39.7 Å². The molecule has 1 aliphatic heterocycles. The Hall–Kier alpha value is -2.57. The van der Waals surface area contributed by atoms with E-state index in [4.69, 9.17) is 5.11 Å². The molecular formula is C25H34F3N3O2S. The van der Waals surface area contributed by atoms with Crippen molar-refractivity contribution in [1.82, 2.24) is 9.62 Å². The molecule has 1 aromatic rings. The minimum Gasteiger partial charge on any atom is -0.390 e. The van der Waals surface area contributed by atoms with E-state index in [0.29, 0.717) is 24.9 Å². The van der Waals surface area contributed by atoms with Crippen molar-refractivity contribution in [2.75, 3.05) is 19.0 Å². The Bertz CT molecular complexity index is 1030. The number of aryl methyl sites for hydroxylation is 1. The molecule has 34 heavy (non-hydrogen) atoms. The molecule has 0 aromatic heterocycles. The number of rotatable bonds is 11. The molecular weight excluding hydrogens is 463 g/mol. The van der Waals surface area contributed by atoms with Crippen molar-refractivity contribution in [3.05, 3.63) is 52.7 Å². The molecule has 0 atom stereocenters. The van der Waals surface area contributed by atoms with Crippen molar-refractivity contribution < 1.29 is 23.1 Å². The second-order valence-electron chi connectivity index (χ2n) is 8.60. The third-order valence-electron chi connectivity index (χ3n) is 5.42. The maximum Gasteiger partial charge on any atom is 0.272 e. The molecule has 0 bridgehead atoms. The Labute approximate surface area is 201 Å². The molecule has 1 aromatic carbocycles. The van der Waals surface area contributed by atoms with Gasteiger partial charge in [-0.05, 0) is 78.1 Å². The maximum atomic E-state index is 14.5. The number of amides is 1. The first-order valence-corrected chi connectivity index (χ1v) is 12.8. The van der Waals surface area contributed by atoms with Crippen molar-refractivity contribution in [2.45, 2.75) is 64.6 Å². The van der Waals surface area contributed by atoms with Crippen molar-refractivity contribution in [3.8, 4) is 10.5 Å². The average Bonchev–Trinajstić information content (AvgIpc) is 3.71. The number of halogens is 3. The lowest BCUT2D eigenvalue weighted by Gasteiger charge is -2.35. The zero-order chi connectivity index (χ0) is 25.7. The molecule has 3 N–H and O–H groups in total. The number of hydrogen-bond acceptors (Lipinski definition) is 4. The molecule has 0 radical (unpaired) electrons. The normalized spacial score (nSPS) is 17.9. The summed E-state index contributed by atoms with van der Waals surface area (Å²) in [5.41, 5.74) is 2.26. The van der Waals surface area contributed by atoms with Gasteiger partial charge in [0.2, 0.25) is 6.41 Å². The highest BCUT2D eigenvalue weighted by Crippen LogP contribution is 2.75. The molecule has 1 saturated carbocycles. The second kappa shape index (κ2) is 10.8. The van der Waals surface area contributed by atoms with Crippen LogP contribution in [0.5, 0.6) is 0 Å². The fraction of sp³-hybridized carbons (Fsp3) is 0.480. The Balaban J connectivity index is 0.00000199. The summed E-state index contributed by atoms with van der Waals surface area (Å²) < 4.78 is 45.2. The molecule has 9 heteroatoms. The van der Waals surface area contributed by atoms with Gasteiger partial charge in [0, 0.05) is 18.2 Å². The molecule has 3 rings (SSSR count). The lowest BCUT2D eigenvalue weighted by Crippen LogP contribution is -2.35. The Morgan fingerprint density at radius 1 is 1.29 bits per heavy atom. The molecule has 188 valence electrons. The Kier molecular flexibility index (Phi) is 8.78. The van der Waals surface area contributed by atoms with Crippen LogP contribution >= 0.6 is 10.2 Å². The zero-order valence-electron chi connectivity index (χ0n) is 20.6. The first-order valence-electron chi connectivity index (χ1n) is 11.2. The number of alkyl halides is 2. The molecule has 0 unspecified atom stereocenters. The first-order chi connectivity index (χ1) is 16.0. The minimum absolute atomic E-state index is 0.175. The van der Waals surface area contributed by atoms with Gasteiger partial charge in [-0.1, -0.05) is 25.5 Å². The number of nitrogens with zero attached hydrogens (tertiary/aromatic N) is 1. The fourth-order valence-electron chi connectivity index (χ4n) is 3.52. The van der Waals surface area contributed by atoms with E-state index >= 15 is 0 Å². The number of aliphatic hydroxyl groups excluding tert-OH is 1. The van der Waals surface area contributed by atoms with Gasteiger partial charge in [0.05, 0.1) is 11.4 Å². The molecule has 1 amide bonds. The lowest BCUT2D eigenvalue weighted by molar-refractivity contribution is -0.115. The molecule has 2 aliphatic rings. The molecule has 5 nitrogen and oxygen atoms in total. The zero-order valence-corrected chi connectivity index (χ0v) is 21.4. The first kappa shape index (κ1) is 27.7. The van der Waals surface area contributed by atoms with E-state index in [1.807, 2.05) is 27.7 Å². The van der Waals surface area contributed by atoms with E-state index in [1.54, 1.807) is 25.1 Å². The van der Waals surface area contributed by atoms with Crippen LogP contribution in [0.1, 0.15) is 52.5 Å². The predicted molar refractivity (Wildman–Crippen MR) is 134 cm³/mol. The summed E-state index contributed by atoms with van der Waals surface area (Å²) in [6, 6.07) is 4.69. The van der Waals surface area contributed by atoms with Crippen LogP contribution in [0, 0.1) is 23.2 Å². The number of carbonyl (C=O) groups excluding carboxylic acids is 1. The number of benzene rings is 1. The topological polar surface area (TPSA) is 64.6 Å². The van der Waals surface area contributed by atoms with Gasteiger partial charge in [0.1, 0.15) is 18.2 Å². The van der Waals surface area contributed by atoms with Gasteiger partial charge < -0.3 is 20.0 Å². The summed E-state index contributed by atoms with van der Waals surface area (Å²) in [6.07, 6.45) is 3.00. The van der Waals surface area contributed by atoms with E-state index in [9.17, 15) is 18.0 Å². The van der Waals surface area contributed by atoms with Gasteiger partial charge >= 0.3 is 0 Å². The number of anilines is 1. The Morgan fingerprint density at radius 3 is 2.35 bits per heavy atom. The summed E-state index contributed by atoms with van der Waals surface area (Å²) in [6.45, 7) is 8.27. The van der Waals surface area contributed by atoms with Crippen LogP contribution in [0.25, 0.3) is 0 Å². The van der Waals surface area contributed by atoms with E-state index in [-0.39, 0.29) is 11.5 Å². The van der Waals surface area contributed by atoms with E-state index in [0.717, 1.165) is 11.1 Å². The van der Waals surface area contributed by atoms with Crippen LogP contribution in [0.3, 0.4) is 0 Å². The third-order valence-corrected chi connectivity index (χ3v) is 8.41. The molecule has 1 heterocycles. The number of hydrogen-bond donors (Lipinski definition) is 3. The highest BCUT2D eigenvalue weighted by atomic mass is 32.3. The maximum absolute atomic E-state index is 14.5. The summed E-state index contributed by atoms with van der Waals surface area (Å²) in [7, 11) is -0.584. The minimum atomic E-state index is -3.20. The lowest BCUT2D eigenvalue weighted by atomic mass is 10.2. The number of carbonyl (C=O) groups is 1. The number of nitrogens with one attached hydrogen (secondary N) is 2. The van der Waals surface area contributed by atoms with Crippen LogP contribution in [-0.4, -0.2) is 40.7 Å². The van der Waals surface area contributed by atoms with Crippen LogP contribution in [-0.2, 0) is 4.79 Å². The highest BCUT2D eigenvalue weighted by molar-refractivity contribution is 8.45. The van der Waals surface area contributed by atoms with Crippen LogP contribution in [0.15, 0.2) is 41.4 Å². The predicted octanol–water partition coefficient (Wildman–Crippen LogP) is 5.59. The van der Waals surface area contributed by atoms with Crippen molar-refractivity contribution in [3.63, 3.8) is 0 Å². The monoisotopic (exact) mass is 497 g/mol. The average molecular weight is 498 g/mol. The molecule has 1 aliphatic carbocycles. The summed E-state index contributed by atoms with van der Waals surface area (Å²) in [5.74, 6) is -3.41. The standard InChI is InChI=1S/C23H28F3N3O2S.C2H6/c1-16(2)11-20(21(29(4)15-31)27-19-6-5-17(3)12-18(19)24)28-32(9-10-32)22(7-8-22)13-23(25,26)14-30;1-2/h5-6,11-12,15,27-28,30H,7-8,13-14H2,1-4H3;1-2H3/b21-20+;. The van der Waals surface area contributed by atoms with Crippen molar-refractivity contribution >= 4 is 22.3 Å². The van der Waals surface area contributed by atoms with Crippen LogP contribution in [0.4, 0.5) is 18.9 Å². The third kappa shape index (κ3) is 6.30. The fourth-order valence-corrected chi connectivity index (χ4v) is 6.23. The SMILES string of the molecule is CC.CC(C)=C/C(NS1(C2(CC(F)(F)CO)CC2)C#C1)=C(/Nc1ccc(C)cc1F)N(C)C=O. The summed E-state index contributed by atoms with van der Waals surface area (Å²) >= 11 is 0. The van der Waals surface area contributed by atoms with Gasteiger partial charge in [-0.25, -0.2) is 13.2 Å². The van der Waals surface area contributed by atoms with Gasteiger partial charge in [-0.2, -0.15) is 0 Å². The van der Waals surface area contributed by atoms with Gasteiger partial charge in [0.15, 0.2) is 0 Å². The number of allylic oxidation sites excluding steroid dienone is 2. The number of aliphatic hydroxyl groups is 1. The summed E-state index contributed by atoms with van der Waals surface area (Å²) in [4.78, 5) is 12.9. The molecule has 0 saturated heterocycles. The second-order valence-corrected chi connectivity index (χ2v) is 11.3. The van der Waals surface area contributed by atoms with Crippen LogP contribution < -0.4 is 10.0 Å². The summed E-state index contributed by atoms with van der Waals surface area (Å²) in [5, 5.41) is 18.1. The largest absolute Gasteiger partial charge is 0.390 e. The Morgan fingerprint density at radius 2 is 1.91 bits per heavy atom. The van der Waals surface area contributed by atoms with Gasteiger partial charge in [-0.3, -0.25) is 4.79 Å².